The van der Waals surface area contributed by atoms with Crippen LogP contribution in [0.15, 0.2) is 54.6 Å². The number of ether oxygens (including phenoxy) is 1. The Bertz CT molecular complexity index is 1100. The van der Waals surface area contributed by atoms with E-state index in [4.69, 9.17) is 4.74 Å². The lowest BCUT2D eigenvalue weighted by Gasteiger charge is -2.19. The zero-order valence-corrected chi connectivity index (χ0v) is 17.6. The number of hydrogen-bond acceptors (Lipinski definition) is 3. The summed E-state index contributed by atoms with van der Waals surface area (Å²) in [5.41, 5.74) is 5.76. The van der Waals surface area contributed by atoms with Crippen molar-refractivity contribution in [2.45, 2.75) is 33.2 Å². The number of benzene rings is 2. The van der Waals surface area contributed by atoms with E-state index < -0.39 is 0 Å². The molecular weight excluding hydrogens is 376 g/mol. The Balaban J connectivity index is 1.60. The van der Waals surface area contributed by atoms with Crippen molar-refractivity contribution >= 4 is 17.4 Å². The summed E-state index contributed by atoms with van der Waals surface area (Å²) in [6.45, 7) is 4.78. The molecular formula is C25H26N2O3. The topological polar surface area (TPSA) is 51.5 Å². The fraction of sp³-hybridized carbons (Fsp3) is 0.280. The number of anilines is 1. The monoisotopic (exact) mass is 402 g/mol. The Hall–Kier alpha value is -3.34. The Morgan fingerprint density at radius 2 is 1.80 bits per heavy atom. The summed E-state index contributed by atoms with van der Waals surface area (Å²) in [6.07, 6.45) is 1.28. The van der Waals surface area contributed by atoms with Gasteiger partial charge in [-0.1, -0.05) is 18.2 Å². The van der Waals surface area contributed by atoms with Crippen LogP contribution >= 0.6 is 0 Å². The quantitative estimate of drug-likeness (QED) is 0.564. The molecule has 0 radical (unpaired) electrons. The minimum absolute atomic E-state index is 0.0285. The van der Waals surface area contributed by atoms with Gasteiger partial charge in [-0.15, -0.1) is 0 Å². The first-order chi connectivity index (χ1) is 14.5. The van der Waals surface area contributed by atoms with Gasteiger partial charge in [-0.05, 0) is 67.8 Å². The van der Waals surface area contributed by atoms with Crippen molar-refractivity contribution in [3.63, 3.8) is 0 Å². The third kappa shape index (κ3) is 3.63. The van der Waals surface area contributed by atoms with E-state index in [0.717, 1.165) is 41.4 Å². The van der Waals surface area contributed by atoms with Gasteiger partial charge in [-0.25, -0.2) is 0 Å². The van der Waals surface area contributed by atoms with E-state index in [2.05, 4.69) is 10.6 Å². The predicted molar refractivity (Wildman–Crippen MR) is 118 cm³/mol. The Kier molecular flexibility index (Phi) is 5.44. The van der Waals surface area contributed by atoms with Crippen LogP contribution in [-0.4, -0.2) is 29.9 Å². The molecule has 0 saturated carbocycles. The summed E-state index contributed by atoms with van der Waals surface area (Å²) in [4.78, 5) is 27.0. The smallest absolute Gasteiger partial charge is 0.228 e. The van der Waals surface area contributed by atoms with Gasteiger partial charge in [0.25, 0.3) is 0 Å². The van der Waals surface area contributed by atoms with Crippen molar-refractivity contribution in [2.24, 2.45) is 0 Å². The minimum atomic E-state index is 0.0285. The Labute approximate surface area is 176 Å². The van der Waals surface area contributed by atoms with Gasteiger partial charge < -0.3 is 14.2 Å². The summed E-state index contributed by atoms with van der Waals surface area (Å²) in [7, 11) is 1.64. The molecule has 0 fully saturated rings. The predicted octanol–water partition coefficient (Wildman–Crippen LogP) is 4.65. The lowest BCUT2D eigenvalue weighted by atomic mass is 10.1. The van der Waals surface area contributed by atoms with Crippen molar-refractivity contribution in [1.82, 2.24) is 4.57 Å². The lowest BCUT2D eigenvalue weighted by molar-refractivity contribution is -0.118. The van der Waals surface area contributed by atoms with Crippen molar-refractivity contribution in [2.75, 3.05) is 18.6 Å². The van der Waals surface area contributed by atoms with E-state index in [-0.39, 0.29) is 11.7 Å². The molecule has 1 aromatic heterocycles. The highest BCUT2D eigenvalue weighted by Gasteiger charge is 2.24. The average molecular weight is 402 g/mol. The molecule has 0 saturated heterocycles. The number of methoxy groups -OCH3 is 1. The van der Waals surface area contributed by atoms with E-state index in [0.29, 0.717) is 18.5 Å². The van der Waals surface area contributed by atoms with Crippen molar-refractivity contribution in [1.29, 1.82) is 0 Å². The summed E-state index contributed by atoms with van der Waals surface area (Å²) in [5.74, 6) is 0.919. The molecule has 5 nitrogen and oxygen atoms in total. The third-order valence-corrected chi connectivity index (χ3v) is 5.87. The molecule has 1 aliphatic heterocycles. The van der Waals surface area contributed by atoms with E-state index >= 15 is 0 Å². The van der Waals surface area contributed by atoms with Crippen LogP contribution in [-0.2, 0) is 17.8 Å². The van der Waals surface area contributed by atoms with E-state index in [1.54, 1.807) is 14.0 Å². The van der Waals surface area contributed by atoms with Crippen LogP contribution in [0.1, 0.15) is 35.0 Å². The van der Waals surface area contributed by atoms with Gasteiger partial charge in [-0.3, -0.25) is 9.59 Å². The van der Waals surface area contributed by atoms with Crippen LogP contribution in [0.5, 0.6) is 5.75 Å². The van der Waals surface area contributed by atoms with Gasteiger partial charge in [-0.2, -0.15) is 0 Å². The average Bonchev–Trinajstić information content (AvgIpc) is 3.33. The summed E-state index contributed by atoms with van der Waals surface area (Å²) < 4.78 is 7.34. The molecule has 4 rings (SSSR count). The highest BCUT2D eigenvalue weighted by Crippen LogP contribution is 2.30. The first kappa shape index (κ1) is 20.0. The molecule has 30 heavy (non-hydrogen) atoms. The van der Waals surface area contributed by atoms with E-state index in [9.17, 15) is 9.59 Å². The van der Waals surface area contributed by atoms with Crippen LogP contribution in [0.3, 0.4) is 0 Å². The maximum Gasteiger partial charge on any atom is 0.228 e. The first-order valence-corrected chi connectivity index (χ1v) is 10.2. The summed E-state index contributed by atoms with van der Waals surface area (Å²) in [6, 6.07) is 17.8. The number of Topliss-reactive ketones (excluding diaryl/α,β-unsaturated/α-hetero) is 1. The number of nitrogens with zero attached hydrogens (tertiary/aromatic N) is 2. The fourth-order valence-corrected chi connectivity index (χ4v) is 4.23. The zero-order valence-electron chi connectivity index (χ0n) is 17.6. The van der Waals surface area contributed by atoms with Crippen LogP contribution in [0.4, 0.5) is 5.69 Å². The van der Waals surface area contributed by atoms with Gasteiger partial charge in [0.05, 0.1) is 7.11 Å². The van der Waals surface area contributed by atoms with E-state index in [1.807, 2.05) is 60.4 Å². The van der Waals surface area contributed by atoms with Gasteiger partial charge in [0.1, 0.15) is 5.75 Å². The molecule has 2 aromatic carbocycles. The number of carbonyl (C=O) groups excluding carboxylic acids is 2. The number of fused-ring (bicyclic) bond motifs is 1. The maximum absolute atomic E-state index is 13.0. The Morgan fingerprint density at radius 1 is 1.07 bits per heavy atom. The normalized spacial score (nSPS) is 12.7. The SMILES string of the molecule is COc1ccc(-c2cc(C(C)=O)c(C)n2CCC(=O)N2CCc3ccccc32)cc1. The molecule has 0 N–H and O–H groups in total. The van der Waals surface area contributed by atoms with Gasteiger partial charge in [0.2, 0.25) is 5.91 Å². The molecule has 0 atom stereocenters. The van der Waals surface area contributed by atoms with Crippen molar-refractivity contribution < 1.29 is 14.3 Å². The molecule has 0 aliphatic carbocycles. The van der Waals surface area contributed by atoms with Gasteiger partial charge in [0.15, 0.2) is 5.78 Å². The standard InChI is InChI=1S/C25H26N2O3/c1-17-22(18(2)28)16-24(20-8-10-21(30-3)11-9-20)26(17)15-13-25(29)27-14-12-19-6-4-5-7-23(19)27/h4-11,16H,12-15H2,1-3H3. The fourth-order valence-electron chi connectivity index (χ4n) is 4.23. The molecule has 0 spiro atoms. The second-order valence-corrected chi connectivity index (χ2v) is 7.64. The van der Waals surface area contributed by atoms with Crippen LogP contribution < -0.4 is 9.64 Å². The van der Waals surface area contributed by atoms with Gasteiger partial charge in [0, 0.05) is 42.1 Å². The minimum Gasteiger partial charge on any atom is -0.497 e. The number of amides is 1. The number of para-hydroxylation sites is 1. The largest absolute Gasteiger partial charge is 0.497 e. The molecule has 1 amide bonds. The molecule has 154 valence electrons. The number of aromatic nitrogens is 1. The highest BCUT2D eigenvalue weighted by atomic mass is 16.5. The molecule has 1 aliphatic rings. The summed E-state index contributed by atoms with van der Waals surface area (Å²) in [5, 5.41) is 0. The van der Waals surface area contributed by atoms with Crippen LogP contribution in [0.25, 0.3) is 11.3 Å². The van der Waals surface area contributed by atoms with Crippen LogP contribution in [0, 0.1) is 6.92 Å². The number of hydrogen-bond donors (Lipinski definition) is 0. The highest BCUT2D eigenvalue weighted by molar-refractivity contribution is 5.97. The first-order valence-electron chi connectivity index (χ1n) is 10.2. The van der Waals surface area contributed by atoms with Crippen molar-refractivity contribution in [3.05, 3.63) is 71.4 Å². The third-order valence-electron chi connectivity index (χ3n) is 5.87. The van der Waals surface area contributed by atoms with Crippen molar-refractivity contribution in [3.8, 4) is 17.0 Å². The van der Waals surface area contributed by atoms with Gasteiger partial charge >= 0.3 is 0 Å². The number of ketones is 1. The molecule has 5 heteroatoms. The van der Waals surface area contributed by atoms with E-state index in [1.165, 1.54) is 5.56 Å². The molecule has 0 bridgehead atoms. The zero-order chi connectivity index (χ0) is 21.3. The number of rotatable bonds is 6. The van der Waals surface area contributed by atoms with Crippen LogP contribution in [0.2, 0.25) is 0 Å². The second kappa shape index (κ2) is 8.19. The molecule has 3 aromatic rings. The molecule has 2 heterocycles. The number of carbonyl (C=O) groups is 2. The second-order valence-electron chi connectivity index (χ2n) is 7.64. The molecule has 0 unspecified atom stereocenters. The maximum atomic E-state index is 13.0. The lowest BCUT2D eigenvalue weighted by Crippen LogP contribution is -2.29. The Morgan fingerprint density at radius 3 is 2.50 bits per heavy atom. The summed E-state index contributed by atoms with van der Waals surface area (Å²) >= 11 is 0.